The van der Waals surface area contributed by atoms with Crippen LogP contribution in [0.1, 0.15) is 40.0 Å². The Morgan fingerprint density at radius 2 is 1.94 bits per heavy atom. The summed E-state index contributed by atoms with van der Waals surface area (Å²) in [6, 6.07) is 0.308. The lowest BCUT2D eigenvalue weighted by molar-refractivity contribution is 0.0154. The summed E-state index contributed by atoms with van der Waals surface area (Å²) < 4.78 is 28.3. The average Bonchev–Trinajstić information content (AvgIpc) is 2.22. The van der Waals surface area contributed by atoms with Gasteiger partial charge in [-0.25, -0.2) is 8.78 Å². The van der Waals surface area contributed by atoms with Gasteiger partial charge in [0, 0.05) is 18.2 Å². The first-order valence-electron chi connectivity index (χ1n) is 6.14. The van der Waals surface area contributed by atoms with E-state index >= 15 is 0 Å². The molecule has 0 aromatic heterocycles. The zero-order valence-corrected chi connectivity index (χ0v) is 11.0. The van der Waals surface area contributed by atoms with Crippen molar-refractivity contribution < 1.29 is 18.6 Å². The molecule has 0 fully saturated rings. The third-order valence-electron chi connectivity index (χ3n) is 2.50. The van der Waals surface area contributed by atoms with Crippen LogP contribution in [0.5, 0.6) is 0 Å². The van der Waals surface area contributed by atoms with Crippen LogP contribution in [-0.2, 0) is 4.74 Å². The molecule has 0 bridgehead atoms. The van der Waals surface area contributed by atoms with E-state index in [1.807, 2.05) is 20.8 Å². The van der Waals surface area contributed by atoms with Crippen LogP contribution in [0.15, 0.2) is 0 Å². The smallest absolute Gasteiger partial charge is 0.261 e. The van der Waals surface area contributed by atoms with Gasteiger partial charge in [-0.15, -0.1) is 0 Å². The first kappa shape index (κ1) is 16.7. The molecule has 1 unspecified atom stereocenters. The molecule has 0 rings (SSSR count). The van der Waals surface area contributed by atoms with Crippen LogP contribution in [0, 0.1) is 0 Å². The molecule has 17 heavy (non-hydrogen) atoms. The molecule has 0 aliphatic carbocycles. The maximum absolute atomic E-state index is 11.8. The van der Waals surface area contributed by atoms with Gasteiger partial charge < -0.3 is 15.2 Å². The molecule has 0 amide bonds. The Morgan fingerprint density at radius 1 is 1.29 bits per heavy atom. The molecule has 2 N–H and O–H groups in total. The van der Waals surface area contributed by atoms with Crippen molar-refractivity contribution >= 4 is 0 Å². The molecule has 0 heterocycles. The Labute approximate surface area is 103 Å². The first-order valence-corrected chi connectivity index (χ1v) is 6.14. The number of hydrogen-bond acceptors (Lipinski definition) is 3. The highest BCUT2D eigenvalue weighted by atomic mass is 19.3. The fourth-order valence-corrected chi connectivity index (χ4v) is 1.79. The lowest BCUT2D eigenvalue weighted by Crippen LogP contribution is -2.49. The van der Waals surface area contributed by atoms with Gasteiger partial charge in [0.1, 0.15) is 6.61 Å². The van der Waals surface area contributed by atoms with Crippen molar-refractivity contribution in [1.29, 1.82) is 0 Å². The number of unbranched alkanes of at least 4 members (excludes halogenated alkanes) is 1. The quantitative estimate of drug-likeness (QED) is 0.586. The second-order valence-electron chi connectivity index (χ2n) is 4.94. The van der Waals surface area contributed by atoms with E-state index in [1.165, 1.54) is 0 Å². The topological polar surface area (TPSA) is 41.5 Å². The molecular weight excluding hydrogens is 228 g/mol. The number of aliphatic hydroxyl groups excluding tert-OH is 1. The Balaban J connectivity index is 3.62. The number of rotatable bonds is 10. The van der Waals surface area contributed by atoms with E-state index < -0.39 is 13.0 Å². The van der Waals surface area contributed by atoms with Crippen molar-refractivity contribution in [3.05, 3.63) is 0 Å². The van der Waals surface area contributed by atoms with Crippen LogP contribution in [0.25, 0.3) is 0 Å². The highest BCUT2D eigenvalue weighted by molar-refractivity contribution is 4.83. The lowest BCUT2D eigenvalue weighted by atomic mass is 9.95. The molecule has 0 aliphatic heterocycles. The van der Waals surface area contributed by atoms with Gasteiger partial charge in [0.25, 0.3) is 6.43 Å². The Kier molecular flexibility index (Phi) is 8.64. The number of halogens is 2. The molecule has 5 heteroatoms. The highest BCUT2D eigenvalue weighted by Crippen LogP contribution is 2.14. The summed E-state index contributed by atoms with van der Waals surface area (Å²) >= 11 is 0. The second kappa shape index (κ2) is 8.78. The maximum Gasteiger partial charge on any atom is 0.261 e. The molecule has 3 nitrogen and oxygen atoms in total. The minimum Gasteiger partial charge on any atom is -0.394 e. The molecule has 1 atom stereocenters. The summed E-state index contributed by atoms with van der Waals surface area (Å²) in [5, 5.41) is 12.6. The Bertz CT molecular complexity index is 191. The molecule has 0 saturated carbocycles. The third-order valence-corrected chi connectivity index (χ3v) is 2.50. The fourth-order valence-electron chi connectivity index (χ4n) is 1.79. The van der Waals surface area contributed by atoms with Gasteiger partial charge in [-0.1, -0.05) is 13.8 Å². The highest BCUT2D eigenvalue weighted by Gasteiger charge is 2.22. The predicted molar refractivity (Wildman–Crippen MR) is 64.4 cm³/mol. The van der Waals surface area contributed by atoms with E-state index in [0.717, 1.165) is 19.3 Å². The van der Waals surface area contributed by atoms with Crippen molar-refractivity contribution in [2.45, 2.75) is 58.0 Å². The Hall–Kier alpha value is -0.260. The summed E-state index contributed by atoms with van der Waals surface area (Å²) in [4.78, 5) is 0. The standard InChI is InChI=1S/C12H25F2NO2/c1-10(2)15-12(3,9-16)6-4-5-7-17-8-11(13)14/h10-11,15-16H,4-9H2,1-3H3. The largest absolute Gasteiger partial charge is 0.394 e. The molecule has 0 aromatic carbocycles. The van der Waals surface area contributed by atoms with Crippen molar-refractivity contribution in [2.75, 3.05) is 19.8 Å². The molecule has 104 valence electrons. The van der Waals surface area contributed by atoms with Gasteiger partial charge in [-0.2, -0.15) is 0 Å². The van der Waals surface area contributed by atoms with Crippen LogP contribution >= 0.6 is 0 Å². The van der Waals surface area contributed by atoms with Crippen LogP contribution in [0.2, 0.25) is 0 Å². The molecular formula is C12H25F2NO2. The van der Waals surface area contributed by atoms with Crippen molar-refractivity contribution in [2.24, 2.45) is 0 Å². The average molecular weight is 253 g/mol. The van der Waals surface area contributed by atoms with E-state index in [-0.39, 0.29) is 12.1 Å². The number of aliphatic hydroxyl groups is 1. The second-order valence-corrected chi connectivity index (χ2v) is 4.94. The number of alkyl halides is 2. The van der Waals surface area contributed by atoms with Gasteiger partial charge >= 0.3 is 0 Å². The maximum atomic E-state index is 11.8. The van der Waals surface area contributed by atoms with E-state index in [9.17, 15) is 13.9 Å². The number of nitrogens with one attached hydrogen (secondary N) is 1. The number of ether oxygens (including phenoxy) is 1. The zero-order valence-electron chi connectivity index (χ0n) is 11.0. The third kappa shape index (κ3) is 9.44. The normalized spacial score (nSPS) is 15.5. The summed E-state index contributed by atoms with van der Waals surface area (Å²) in [6.45, 7) is 5.96. The predicted octanol–water partition coefficient (Wildman–Crippen LogP) is 2.19. The lowest BCUT2D eigenvalue weighted by Gasteiger charge is -2.31. The SMILES string of the molecule is CC(C)NC(C)(CO)CCCCOCC(F)F. The van der Waals surface area contributed by atoms with Gasteiger partial charge in [0.15, 0.2) is 0 Å². The minimum atomic E-state index is -2.39. The van der Waals surface area contributed by atoms with Gasteiger partial charge in [-0.05, 0) is 26.2 Å². The summed E-state index contributed by atoms with van der Waals surface area (Å²) in [5.74, 6) is 0. The van der Waals surface area contributed by atoms with Gasteiger partial charge in [0.2, 0.25) is 0 Å². The van der Waals surface area contributed by atoms with Crippen LogP contribution in [0.4, 0.5) is 8.78 Å². The van der Waals surface area contributed by atoms with Gasteiger partial charge in [0.05, 0.1) is 6.61 Å². The van der Waals surface area contributed by atoms with Crippen LogP contribution < -0.4 is 5.32 Å². The summed E-state index contributed by atoms with van der Waals surface area (Å²) in [5.41, 5.74) is -0.295. The minimum absolute atomic E-state index is 0.0725. The van der Waals surface area contributed by atoms with E-state index in [4.69, 9.17) is 4.74 Å². The van der Waals surface area contributed by atoms with Crippen molar-refractivity contribution in [3.63, 3.8) is 0 Å². The van der Waals surface area contributed by atoms with Crippen molar-refractivity contribution in [1.82, 2.24) is 5.32 Å². The molecule has 0 aliphatic rings. The summed E-state index contributed by atoms with van der Waals surface area (Å²) in [6.07, 6.45) is 0.00210. The number of hydrogen-bond donors (Lipinski definition) is 2. The first-order chi connectivity index (χ1) is 7.89. The van der Waals surface area contributed by atoms with E-state index in [0.29, 0.717) is 12.6 Å². The zero-order chi connectivity index (χ0) is 13.3. The fraction of sp³-hybridized carbons (Fsp3) is 1.00. The van der Waals surface area contributed by atoms with Crippen LogP contribution in [-0.4, -0.2) is 42.9 Å². The Morgan fingerprint density at radius 3 is 2.41 bits per heavy atom. The van der Waals surface area contributed by atoms with Crippen molar-refractivity contribution in [3.8, 4) is 0 Å². The van der Waals surface area contributed by atoms with Crippen LogP contribution in [0.3, 0.4) is 0 Å². The molecule has 0 spiro atoms. The molecule has 0 radical (unpaired) electrons. The summed E-state index contributed by atoms with van der Waals surface area (Å²) in [7, 11) is 0. The van der Waals surface area contributed by atoms with Gasteiger partial charge in [-0.3, -0.25) is 0 Å². The molecule has 0 aromatic rings. The monoisotopic (exact) mass is 253 g/mol. The van der Waals surface area contributed by atoms with E-state index in [1.54, 1.807) is 0 Å². The molecule has 0 saturated heterocycles. The van der Waals surface area contributed by atoms with E-state index in [2.05, 4.69) is 5.32 Å².